The molecule has 0 spiro atoms. The highest BCUT2D eigenvalue weighted by Crippen LogP contribution is 2.26. The smallest absolute Gasteiger partial charge is 0.254 e. The monoisotopic (exact) mass is 368 g/mol. The number of hydrogen-bond acceptors (Lipinski definition) is 3. The molecule has 0 saturated carbocycles. The Kier molecular flexibility index (Phi) is 6.30. The van der Waals surface area contributed by atoms with E-state index in [1.165, 1.54) is 7.11 Å². The number of carbonyl (C=O) groups is 2. The molecule has 8 heteroatoms. The molecular formula is C17H15ClF2N2O3. The minimum atomic E-state index is -0.966. The standard InChI is InChI=1S/C17H15ClF2N2O3/c1-25-11-3-5-15(13(18)9-11)22-16(23)6-7-21-17(24)12-4-2-10(19)8-14(12)20/h2-5,8-9H,6-7H2,1H3,(H,21,24)(H,22,23). The van der Waals surface area contributed by atoms with Gasteiger partial charge in [0.05, 0.1) is 23.4 Å². The van der Waals surface area contributed by atoms with Crippen LogP contribution in [0, 0.1) is 11.6 Å². The maximum absolute atomic E-state index is 13.5. The predicted molar refractivity (Wildman–Crippen MR) is 89.9 cm³/mol. The van der Waals surface area contributed by atoms with E-state index in [1.54, 1.807) is 18.2 Å². The lowest BCUT2D eigenvalue weighted by atomic mass is 10.2. The van der Waals surface area contributed by atoms with Crippen molar-refractivity contribution in [2.75, 3.05) is 19.0 Å². The highest BCUT2D eigenvalue weighted by molar-refractivity contribution is 6.33. The first-order chi connectivity index (χ1) is 11.9. The Morgan fingerprint density at radius 3 is 2.56 bits per heavy atom. The average molecular weight is 369 g/mol. The maximum Gasteiger partial charge on any atom is 0.254 e. The SMILES string of the molecule is COc1ccc(NC(=O)CCNC(=O)c2ccc(F)cc2F)c(Cl)c1. The molecule has 0 fully saturated rings. The van der Waals surface area contributed by atoms with E-state index in [0.29, 0.717) is 22.5 Å². The highest BCUT2D eigenvalue weighted by Gasteiger charge is 2.13. The van der Waals surface area contributed by atoms with E-state index < -0.39 is 17.5 Å². The molecule has 132 valence electrons. The van der Waals surface area contributed by atoms with Gasteiger partial charge >= 0.3 is 0 Å². The normalized spacial score (nSPS) is 10.2. The van der Waals surface area contributed by atoms with Gasteiger partial charge in [0.25, 0.3) is 5.91 Å². The van der Waals surface area contributed by atoms with E-state index in [2.05, 4.69) is 10.6 Å². The molecule has 0 atom stereocenters. The van der Waals surface area contributed by atoms with Gasteiger partial charge < -0.3 is 15.4 Å². The zero-order valence-electron chi connectivity index (χ0n) is 13.2. The number of nitrogens with one attached hydrogen (secondary N) is 2. The third-order valence-corrected chi connectivity index (χ3v) is 3.58. The van der Waals surface area contributed by atoms with Crippen molar-refractivity contribution >= 4 is 29.1 Å². The van der Waals surface area contributed by atoms with Crippen molar-refractivity contribution in [3.63, 3.8) is 0 Å². The van der Waals surface area contributed by atoms with Gasteiger partial charge in [0, 0.05) is 25.1 Å². The molecule has 0 aromatic heterocycles. The molecule has 0 bridgehead atoms. The fraction of sp³-hybridized carbons (Fsp3) is 0.176. The van der Waals surface area contributed by atoms with E-state index in [0.717, 1.165) is 12.1 Å². The predicted octanol–water partition coefficient (Wildman–Crippen LogP) is 3.39. The summed E-state index contributed by atoms with van der Waals surface area (Å²) in [5.74, 6) is -2.30. The first-order valence-electron chi connectivity index (χ1n) is 7.27. The lowest BCUT2D eigenvalue weighted by Crippen LogP contribution is -2.28. The summed E-state index contributed by atoms with van der Waals surface area (Å²) in [4.78, 5) is 23.7. The van der Waals surface area contributed by atoms with Crippen LogP contribution in [0.15, 0.2) is 36.4 Å². The fourth-order valence-electron chi connectivity index (χ4n) is 2.00. The second-order valence-electron chi connectivity index (χ2n) is 5.02. The number of benzene rings is 2. The number of amides is 2. The van der Waals surface area contributed by atoms with E-state index in [-0.39, 0.29) is 24.4 Å². The van der Waals surface area contributed by atoms with Gasteiger partial charge in [-0.3, -0.25) is 9.59 Å². The summed E-state index contributed by atoms with van der Waals surface area (Å²) in [7, 11) is 1.50. The number of rotatable bonds is 6. The third-order valence-electron chi connectivity index (χ3n) is 3.26. The van der Waals surface area contributed by atoms with Gasteiger partial charge in [-0.15, -0.1) is 0 Å². The summed E-state index contributed by atoms with van der Waals surface area (Å²) in [5.41, 5.74) is 0.114. The number of methoxy groups -OCH3 is 1. The quantitative estimate of drug-likeness (QED) is 0.821. The number of anilines is 1. The average Bonchev–Trinajstić information content (AvgIpc) is 2.56. The first kappa shape index (κ1) is 18.7. The summed E-state index contributed by atoms with van der Waals surface area (Å²) in [6, 6.07) is 7.42. The van der Waals surface area contributed by atoms with Gasteiger partial charge in [0.2, 0.25) is 5.91 Å². The van der Waals surface area contributed by atoms with Crippen LogP contribution in [0.4, 0.5) is 14.5 Å². The molecule has 0 aliphatic heterocycles. The molecule has 0 aliphatic rings. The van der Waals surface area contributed by atoms with Gasteiger partial charge in [-0.2, -0.15) is 0 Å². The number of ether oxygens (including phenoxy) is 1. The molecular weight excluding hydrogens is 354 g/mol. The minimum Gasteiger partial charge on any atom is -0.497 e. The van der Waals surface area contributed by atoms with E-state index in [1.807, 2.05) is 0 Å². The molecule has 0 radical (unpaired) electrons. The summed E-state index contributed by atoms with van der Waals surface area (Å²) in [6.07, 6.45) is -0.0447. The maximum atomic E-state index is 13.5. The van der Waals surface area contributed by atoms with Crippen LogP contribution in [0.3, 0.4) is 0 Å². The van der Waals surface area contributed by atoms with Gasteiger partial charge in [0.1, 0.15) is 17.4 Å². The molecule has 0 saturated heterocycles. The number of carbonyl (C=O) groups excluding carboxylic acids is 2. The molecule has 0 heterocycles. The van der Waals surface area contributed by atoms with Crippen LogP contribution < -0.4 is 15.4 Å². The van der Waals surface area contributed by atoms with Crippen molar-refractivity contribution in [3.05, 3.63) is 58.6 Å². The summed E-state index contributed by atoms with van der Waals surface area (Å²) < 4.78 is 31.3. The first-order valence-corrected chi connectivity index (χ1v) is 7.65. The molecule has 0 unspecified atom stereocenters. The van der Waals surface area contributed by atoms with Crippen LogP contribution >= 0.6 is 11.6 Å². The molecule has 25 heavy (non-hydrogen) atoms. The molecule has 5 nitrogen and oxygen atoms in total. The minimum absolute atomic E-state index is 0.0186. The van der Waals surface area contributed by atoms with Crippen molar-refractivity contribution in [2.24, 2.45) is 0 Å². The van der Waals surface area contributed by atoms with Crippen LogP contribution in [-0.4, -0.2) is 25.5 Å². The Labute approximate surface area is 147 Å². The van der Waals surface area contributed by atoms with Gasteiger partial charge in [-0.1, -0.05) is 11.6 Å². The van der Waals surface area contributed by atoms with E-state index in [4.69, 9.17) is 16.3 Å². The Bertz CT molecular complexity index is 799. The van der Waals surface area contributed by atoms with Gasteiger partial charge in [-0.25, -0.2) is 8.78 Å². The number of halogens is 3. The van der Waals surface area contributed by atoms with Gasteiger partial charge in [-0.05, 0) is 24.3 Å². The van der Waals surface area contributed by atoms with Crippen LogP contribution in [-0.2, 0) is 4.79 Å². The highest BCUT2D eigenvalue weighted by atomic mass is 35.5. The third kappa shape index (κ3) is 5.15. The molecule has 2 aromatic rings. The van der Waals surface area contributed by atoms with Crippen LogP contribution in [0.2, 0.25) is 5.02 Å². The zero-order chi connectivity index (χ0) is 18.4. The second kappa shape index (κ2) is 8.43. The van der Waals surface area contributed by atoms with Crippen molar-refractivity contribution in [2.45, 2.75) is 6.42 Å². The largest absolute Gasteiger partial charge is 0.497 e. The Hall–Kier alpha value is -2.67. The van der Waals surface area contributed by atoms with Crippen molar-refractivity contribution in [1.82, 2.24) is 5.32 Å². The Morgan fingerprint density at radius 1 is 1.16 bits per heavy atom. The summed E-state index contributed by atoms with van der Waals surface area (Å²) in [5, 5.41) is 5.30. The molecule has 2 aromatic carbocycles. The lowest BCUT2D eigenvalue weighted by Gasteiger charge is -2.09. The Balaban J connectivity index is 1.85. The molecule has 2 amide bonds. The topological polar surface area (TPSA) is 67.4 Å². The van der Waals surface area contributed by atoms with E-state index in [9.17, 15) is 18.4 Å². The van der Waals surface area contributed by atoms with Crippen molar-refractivity contribution < 1.29 is 23.1 Å². The van der Waals surface area contributed by atoms with Crippen LogP contribution in [0.1, 0.15) is 16.8 Å². The van der Waals surface area contributed by atoms with Crippen LogP contribution in [0.5, 0.6) is 5.75 Å². The molecule has 2 rings (SSSR count). The molecule has 0 aliphatic carbocycles. The lowest BCUT2D eigenvalue weighted by molar-refractivity contribution is -0.116. The van der Waals surface area contributed by atoms with Crippen molar-refractivity contribution in [1.29, 1.82) is 0 Å². The second-order valence-corrected chi connectivity index (χ2v) is 5.43. The molecule has 2 N–H and O–H groups in total. The van der Waals surface area contributed by atoms with Gasteiger partial charge in [0.15, 0.2) is 0 Å². The number of hydrogen-bond donors (Lipinski definition) is 2. The van der Waals surface area contributed by atoms with E-state index >= 15 is 0 Å². The summed E-state index contributed by atoms with van der Waals surface area (Å²) in [6.45, 7) is -0.0186. The zero-order valence-corrected chi connectivity index (χ0v) is 14.0. The van der Waals surface area contributed by atoms with Crippen LogP contribution in [0.25, 0.3) is 0 Å². The van der Waals surface area contributed by atoms with Crippen molar-refractivity contribution in [3.8, 4) is 5.75 Å². The fourth-order valence-corrected chi connectivity index (χ4v) is 2.21. The summed E-state index contributed by atoms with van der Waals surface area (Å²) >= 11 is 6.01. The Morgan fingerprint density at radius 2 is 1.92 bits per heavy atom.